The van der Waals surface area contributed by atoms with Crippen molar-refractivity contribution in [3.8, 4) is 0 Å². The highest BCUT2D eigenvalue weighted by Gasteiger charge is 2.33. The van der Waals surface area contributed by atoms with Crippen LogP contribution >= 0.6 is 0 Å². The number of nitrogens with zero attached hydrogens (tertiary/aromatic N) is 3. The molecule has 0 bridgehead atoms. The molecule has 1 atom stereocenters. The smallest absolute Gasteiger partial charge is 0.0916 e. The summed E-state index contributed by atoms with van der Waals surface area (Å²) in [4.78, 5) is 2.68. The summed E-state index contributed by atoms with van der Waals surface area (Å²) in [5, 5.41) is 3.47. The topological polar surface area (TPSA) is 67.2 Å². The molecule has 5 heteroatoms. The van der Waals surface area contributed by atoms with Crippen molar-refractivity contribution in [2.45, 2.75) is 25.6 Å². The molecule has 0 saturated carbocycles. The predicted molar refractivity (Wildman–Crippen MR) is 43.8 cm³/mol. The second-order valence-corrected chi connectivity index (χ2v) is 3.22. The molecule has 0 aromatic heterocycles. The van der Waals surface area contributed by atoms with Crippen LogP contribution in [0.15, 0.2) is 5.11 Å². The van der Waals surface area contributed by atoms with Crippen LogP contribution in [0, 0.1) is 0 Å². The molecule has 0 aromatic carbocycles. The highest BCUT2D eigenvalue weighted by Crippen LogP contribution is 2.22. The van der Waals surface area contributed by atoms with Gasteiger partial charge in [-0.05, 0) is 19.4 Å². The Balaban J connectivity index is 2.53. The van der Waals surface area contributed by atoms with E-state index in [9.17, 15) is 0 Å². The van der Waals surface area contributed by atoms with Gasteiger partial charge < -0.3 is 9.47 Å². The molecule has 0 amide bonds. The first-order chi connectivity index (χ1) is 5.67. The van der Waals surface area contributed by atoms with Gasteiger partial charge in [0.1, 0.15) is 0 Å². The van der Waals surface area contributed by atoms with E-state index in [1.807, 2.05) is 13.8 Å². The largest absolute Gasteiger partial charge is 0.373 e. The molecule has 1 fully saturated rings. The summed E-state index contributed by atoms with van der Waals surface area (Å²) < 4.78 is 10.9. The van der Waals surface area contributed by atoms with E-state index in [-0.39, 0.29) is 11.7 Å². The maximum Gasteiger partial charge on any atom is 0.0916 e. The van der Waals surface area contributed by atoms with Crippen LogP contribution in [0.4, 0.5) is 0 Å². The van der Waals surface area contributed by atoms with E-state index in [0.29, 0.717) is 19.8 Å². The van der Waals surface area contributed by atoms with Gasteiger partial charge in [0.05, 0.1) is 31.5 Å². The van der Waals surface area contributed by atoms with Crippen LogP contribution in [-0.4, -0.2) is 31.5 Å². The second kappa shape index (κ2) is 3.76. The summed E-state index contributed by atoms with van der Waals surface area (Å²) in [5.41, 5.74) is 7.79. The number of hydrogen-bond acceptors (Lipinski definition) is 3. The molecule has 12 heavy (non-hydrogen) atoms. The zero-order valence-electron chi connectivity index (χ0n) is 7.36. The van der Waals surface area contributed by atoms with Gasteiger partial charge in [-0.1, -0.05) is 5.11 Å². The van der Waals surface area contributed by atoms with Gasteiger partial charge in [-0.25, -0.2) is 0 Å². The van der Waals surface area contributed by atoms with Gasteiger partial charge in [0.15, 0.2) is 0 Å². The molecule has 68 valence electrons. The standard InChI is InChI=1S/C7H13N3O2/c1-7(2)6(5-9-10-8)11-3-4-12-7/h6H,3-5H2,1-2H3. The van der Waals surface area contributed by atoms with Crippen LogP contribution in [0.1, 0.15) is 13.8 Å². The summed E-state index contributed by atoms with van der Waals surface area (Å²) >= 11 is 0. The third kappa shape index (κ3) is 2.11. The molecule has 0 spiro atoms. The highest BCUT2D eigenvalue weighted by atomic mass is 16.6. The maximum atomic E-state index is 8.13. The molecule has 1 aliphatic rings. The van der Waals surface area contributed by atoms with Gasteiger partial charge in [0.2, 0.25) is 0 Å². The van der Waals surface area contributed by atoms with Gasteiger partial charge in [-0.2, -0.15) is 0 Å². The zero-order valence-corrected chi connectivity index (χ0v) is 7.36. The molecule has 1 saturated heterocycles. The Bertz CT molecular complexity index is 199. The molecule has 1 unspecified atom stereocenters. The average Bonchev–Trinajstić information content (AvgIpc) is 2.02. The average molecular weight is 171 g/mol. The van der Waals surface area contributed by atoms with E-state index in [1.165, 1.54) is 0 Å². The molecular formula is C7H13N3O2. The Labute approximate surface area is 71.3 Å². The molecule has 1 heterocycles. The van der Waals surface area contributed by atoms with Crippen molar-refractivity contribution in [1.29, 1.82) is 0 Å². The van der Waals surface area contributed by atoms with E-state index in [1.54, 1.807) is 0 Å². The van der Waals surface area contributed by atoms with Crippen molar-refractivity contribution < 1.29 is 9.47 Å². The second-order valence-electron chi connectivity index (χ2n) is 3.22. The lowest BCUT2D eigenvalue weighted by atomic mass is 10.0. The van der Waals surface area contributed by atoms with Crippen molar-refractivity contribution in [2.24, 2.45) is 5.11 Å². The summed E-state index contributed by atoms with van der Waals surface area (Å²) in [5.74, 6) is 0. The van der Waals surface area contributed by atoms with E-state index in [4.69, 9.17) is 15.0 Å². The Morgan fingerprint density at radius 2 is 2.33 bits per heavy atom. The van der Waals surface area contributed by atoms with Crippen LogP contribution in [0.5, 0.6) is 0 Å². The minimum Gasteiger partial charge on any atom is -0.373 e. The molecule has 0 aromatic rings. The lowest BCUT2D eigenvalue weighted by Crippen LogP contribution is -2.48. The first kappa shape index (κ1) is 9.32. The van der Waals surface area contributed by atoms with Crippen molar-refractivity contribution in [1.82, 2.24) is 0 Å². The Morgan fingerprint density at radius 1 is 1.58 bits per heavy atom. The Hall–Kier alpha value is -0.770. The third-order valence-electron chi connectivity index (χ3n) is 1.96. The number of hydrogen-bond donors (Lipinski definition) is 0. The zero-order chi connectivity index (χ0) is 9.03. The van der Waals surface area contributed by atoms with E-state index in [2.05, 4.69) is 10.0 Å². The van der Waals surface area contributed by atoms with E-state index >= 15 is 0 Å². The lowest BCUT2D eigenvalue weighted by molar-refractivity contribution is -0.182. The van der Waals surface area contributed by atoms with E-state index in [0.717, 1.165) is 0 Å². The SMILES string of the molecule is CC1(C)OCCOC1CN=[N+]=[N-]. The Kier molecular flexibility index (Phi) is 2.92. The van der Waals surface area contributed by atoms with Gasteiger partial charge in [-0.3, -0.25) is 0 Å². The molecule has 5 nitrogen and oxygen atoms in total. The molecule has 1 rings (SSSR count). The first-order valence-electron chi connectivity index (χ1n) is 3.93. The van der Waals surface area contributed by atoms with Gasteiger partial charge in [0.25, 0.3) is 0 Å². The van der Waals surface area contributed by atoms with Crippen LogP contribution in [-0.2, 0) is 9.47 Å². The van der Waals surface area contributed by atoms with Crippen molar-refractivity contribution >= 4 is 0 Å². The fraction of sp³-hybridized carbons (Fsp3) is 1.00. The fourth-order valence-corrected chi connectivity index (χ4v) is 1.17. The van der Waals surface area contributed by atoms with Gasteiger partial charge >= 0.3 is 0 Å². The lowest BCUT2D eigenvalue weighted by Gasteiger charge is -2.37. The summed E-state index contributed by atoms with van der Waals surface area (Å²) in [6.45, 7) is 5.39. The normalized spacial score (nSPS) is 27.7. The minimum atomic E-state index is -0.341. The van der Waals surface area contributed by atoms with Gasteiger partial charge in [0, 0.05) is 4.91 Å². The van der Waals surface area contributed by atoms with Crippen LogP contribution < -0.4 is 0 Å². The summed E-state index contributed by atoms with van der Waals surface area (Å²) in [6, 6.07) is 0. The molecular weight excluding hydrogens is 158 g/mol. The summed E-state index contributed by atoms with van der Waals surface area (Å²) in [7, 11) is 0. The molecule has 0 radical (unpaired) electrons. The number of rotatable bonds is 2. The Morgan fingerprint density at radius 3 is 2.92 bits per heavy atom. The fourth-order valence-electron chi connectivity index (χ4n) is 1.17. The molecule has 0 aliphatic carbocycles. The minimum absolute atomic E-state index is 0.123. The molecule has 0 N–H and O–H groups in total. The monoisotopic (exact) mass is 171 g/mol. The maximum absolute atomic E-state index is 8.13. The predicted octanol–water partition coefficient (Wildman–Crippen LogP) is 1.49. The van der Waals surface area contributed by atoms with Crippen LogP contribution in [0.3, 0.4) is 0 Å². The number of azide groups is 1. The summed E-state index contributed by atoms with van der Waals surface area (Å²) in [6.07, 6.45) is -0.123. The van der Waals surface area contributed by atoms with Crippen LogP contribution in [0.25, 0.3) is 10.4 Å². The number of ether oxygens (including phenoxy) is 2. The van der Waals surface area contributed by atoms with Gasteiger partial charge in [-0.15, -0.1) is 0 Å². The van der Waals surface area contributed by atoms with Crippen molar-refractivity contribution in [3.63, 3.8) is 0 Å². The first-order valence-corrected chi connectivity index (χ1v) is 3.93. The third-order valence-corrected chi connectivity index (χ3v) is 1.96. The van der Waals surface area contributed by atoms with Crippen LogP contribution in [0.2, 0.25) is 0 Å². The van der Waals surface area contributed by atoms with E-state index < -0.39 is 0 Å². The molecule has 1 aliphatic heterocycles. The van der Waals surface area contributed by atoms with Crippen molar-refractivity contribution in [2.75, 3.05) is 19.8 Å². The quantitative estimate of drug-likeness (QED) is 0.359. The highest BCUT2D eigenvalue weighted by molar-refractivity contribution is 4.84. The van der Waals surface area contributed by atoms with Crippen molar-refractivity contribution in [3.05, 3.63) is 10.4 Å².